The summed E-state index contributed by atoms with van der Waals surface area (Å²) >= 11 is 0. The Morgan fingerprint density at radius 1 is 0.541 bits per heavy atom. The molecule has 432 valence electrons. The highest BCUT2D eigenvalue weighted by atomic mass is 19.2. The van der Waals surface area contributed by atoms with Crippen LogP contribution in [0.3, 0.4) is 0 Å². The number of rotatable bonds is 18. The molecule has 0 aromatic heterocycles. The van der Waals surface area contributed by atoms with Crippen molar-refractivity contribution < 1.29 is 18.4 Å². The second-order valence-corrected chi connectivity index (χ2v) is 28.5. The van der Waals surface area contributed by atoms with Gasteiger partial charge in [-0.05, 0) is 226 Å². The average molecular weight is 1040 g/mol. The van der Waals surface area contributed by atoms with Crippen molar-refractivity contribution in [3.05, 3.63) is 29.3 Å². The number of benzene rings is 1. The lowest BCUT2D eigenvalue weighted by Crippen LogP contribution is -2.47. The van der Waals surface area contributed by atoms with Crippen LogP contribution in [0.25, 0.3) is 0 Å². The molecule has 5 aliphatic carbocycles. The lowest BCUT2D eigenvalue weighted by atomic mass is 9.72. The third-order valence-corrected chi connectivity index (χ3v) is 18.4. The van der Waals surface area contributed by atoms with Crippen LogP contribution in [0.5, 0.6) is 0 Å². The van der Waals surface area contributed by atoms with Crippen LogP contribution >= 0.6 is 0 Å². The highest BCUT2D eigenvalue weighted by molar-refractivity contribution is 5.81. The number of nitrogens with zero attached hydrogens (tertiary/aromatic N) is 2. The predicted molar refractivity (Wildman–Crippen MR) is 318 cm³/mol. The van der Waals surface area contributed by atoms with Crippen molar-refractivity contribution in [2.75, 3.05) is 18.5 Å². The Hall–Kier alpha value is -2.02. The second-order valence-electron chi connectivity index (χ2n) is 28.5. The van der Waals surface area contributed by atoms with E-state index in [2.05, 4.69) is 147 Å². The van der Waals surface area contributed by atoms with Gasteiger partial charge in [-0.3, -0.25) is 9.59 Å². The molecule has 0 saturated heterocycles. The van der Waals surface area contributed by atoms with E-state index in [1.165, 1.54) is 63.9 Å². The van der Waals surface area contributed by atoms with Crippen LogP contribution < -0.4 is 10.2 Å². The Morgan fingerprint density at radius 2 is 1.00 bits per heavy atom. The van der Waals surface area contributed by atoms with E-state index in [9.17, 15) is 18.4 Å². The van der Waals surface area contributed by atoms with Crippen LogP contribution in [-0.2, 0) is 9.59 Å². The lowest BCUT2D eigenvalue weighted by molar-refractivity contribution is -0.125. The van der Waals surface area contributed by atoms with Crippen LogP contribution in [-0.4, -0.2) is 54.4 Å². The summed E-state index contributed by atoms with van der Waals surface area (Å²) in [5.74, 6) is 11.3. The monoisotopic (exact) mass is 1040 g/mol. The molecule has 0 radical (unpaired) electrons. The van der Waals surface area contributed by atoms with Crippen LogP contribution in [0.2, 0.25) is 0 Å². The van der Waals surface area contributed by atoms with Gasteiger partial charge in [-0.25, -0.2) is 8.78 Å². The molecule has 1 N–H and O–H groups in total. The van der Waals surface area contributed by atoms with Gasteiger partial charge < -0.3 is 15.1 Å². The third-order valence-electron chi connectivity index (χ3n) is 18.4. The molecule has 0 bridgehead atoms. The molecule has 1 aromatic carbocycles. The van der Waals surface area contributed by atoms with Gasteiger partial charge in [0, 0.05) is 60.7 Å². The second kappa shape index (κ2) is 33.4. The first-order valence-electron chi connectivity index (χ1n) is 31.2. The smallest absolute Gasteiger partial charge is 0.223 e. The van der Waals surface area contributed by atoms with Crippen LogP contribution in [0.15, 0.2) is 12.1 Å². The van der Waals surface area contributed by atoms with Gasteiger partial charge in [0.25, 0.3) is 0 Å². The number of halogens is 2. The van der Waals surface area contributed by atoms with Crippen LogP contribution in [0.1, 0.15) is 247 Å². The fraction of sp³-hybridized carbons (Fsp3) is 0.881. The first-order valence-corrected chi connectivity index (χ1v) is 31.2. The molecular weight excluding hydrogens is 917 g/mol. The number of anilines is 1. The molecule has 5 aliphatic rings. The van der Waals surface area contributed by atoms with E-state index in [1.807, 2.05) is 13.8 Å². The molecule has 0 spiro atoms. The Bertz CT molecular complexity index is 1640. The largest absolute Gasteiger partial charge is 0.368 e. The Balaban J connectivity index is 0.000000322. The normalized spacial score (nSPS) is 26.7. The van der Waals surface area contributed by atoms with Crippen molar-refractivity contribution in [2.24, 2.45) is 94.7 Å². The maximum Gasteiger partial charge on any atom is 0.223 e. The van der Waals surface area contributed by atoms with E-state index in [-0.39, 0.29) is 17.9 Å². The number of Topliss-reactive ketones (excluding diaryl/α,β-unsaturated/α-hetero) is 1. The number of hydrogen-bond acceptors (Lipinski definition) is 4. The number of nitrogens with one attached hydrogen (secondary N) is 1. The lowest BCUT2D eigenvalue weighted by Gasteiger charge is -2.46. The molecule has 5 nitrogen and oxygen atoms in total. The maximum absolute atomic E-state index is 13.7. The summed E-state index contributed by atoms with van der Waals surface area (Å²) in [7, 11) is 2.28. The summed E-state index contributed by atoms with van der Waals surface area (Å²) in [5.41, 5.74) is 1.21. The van der Waals surface area contributed by atoms with E-state index in [0.717, 1.165) is 128 Å². The number of ketones is 1. The van der Waals surface area contributed by atoms with Gasteiger partial charge in [-0.15, -0.1) is 0 Å². The summed E-state index contributed by atoms with van der Waals surface area (Å²) < 4.78 is 27.2. The Morgan fingerprint density at radius 3 is 1.42 bits per heavy atom. The molecule has 5 saturated carbocycles. The van der Waals surface area contributed by atoms with Gasteiger partial charge in [0.15, 0.2) is 11.6 Å². The number of amides is 1. The summed E-state index contributed by atoms with van der Waals surface area (Å²) in [6, 6.07) is 5.43. The zero-order valence-electron chi connectivity index (χ0n) is 52.7. The molecule has 0 aliphatic heterocycles. The van der Waals surface area contributed by atoms with Gasteiger partial charge in [-0.2, -0.15) is 0 Å². The first-order chi connectivity index (χ1) is 34.4. The van der Waals surface area contributed by atoms with Crippen molar-refractivity contribution in [3.8, 4) is 0 Å². The van der Waals surface area contributed by atoms with E-state index < -0.39 is 11.6 Å². The molecule has 7 heteroatoms. The molecule has 5 fully saturated rings. The quantitative estimate of drug-likeness (QED) is 0.159. The van der Waals surface area contributed by atoms with E-state index in [4.69, 9.17) is 0 Å². The molecule has 1 aromatic rings. The van der Waals surface area contributed by atoms with E-state index >= 15 is 0 Å². The number of aryl methyl sites for hydroxylation is 1. The highest BCUT2D eigenvalue weighted by Gasteiger charge is 2.37. The summed E-state index contributed by atoms with van der Waals surface area (Å²) in [6.07, 6.45) is 20.3. The van der Waals surface area contributed by atoms with Gasteiger partial charge in [0.05, 0.1) is 0 Å². The fourth-order valence-corrected chi connectivity index (χ4v) is 12.9. The highest BCUT2D eigenvalue weighted by Crippen LogP contribution is 2.42. The molecule has 2 unspecified atom stereocenters. The molecule has 0 heterocycles. The molecule has 74 heavy (non-hydrogen) atoms. The summed E-state index contributed by atoms with van der Waals surface area (Å²) in [4.78, 5) is 28.4. The van der Waals surface area contributed by atoms with Crippen molar-refractivity contribution in [3.63, 3.8) is 0 Å². The average Bonchev–Trinajstić information content (AvgIpc) is 4.12. The molecular formula is C67H123F2N3O2. The Labute approximate surface area is 458 Å². The fourth-order valence-electron chi connectivity index (χ4n) is 12.9. The van der Waals surface area contributed by atoms with E-state index in [0.29, 0.717) is 47.1 Å². The number of hydrogen-bond donors (Lipinski definition) is 1. The van der Waals surface area contributed by atoms with Crippen molar-refractivity contribution in [2.45, 2.75) is 272 Å². The zero-order valence-corrected chi connectivity index (χ0v) is 52.7. The summed E-state index contributed by atoms with van der Waals surface area (Å²) in [6.45, 7) is 47.5. The minimum absolute atomic E-state index is 0.267. The zero-order chi connectivity index (χ0) is 56.3. The number of carbonyl (C=O) groups is 2. The first kappa shape index (κ1) is 68.1. The maximum atomic E-state index is 13.7. The van der Waals surface area contributed by atoms with Gasteiger partial charge >= 0.3 is 0 Å². The van der Waals surface area contributed by atoms with Crippen LogP contribution in [0, 0.1) is 113 Å². The van der Waals surface area contributed by atoms with Crippen molar-refractivity contribution >= 4 is 17.4 Å². The Kier molecular flexibility index (Phi) is 30.8. The molecule has 8 atom stereocenters. The predicted octanol–water partition coefficient (Wildman–Crippen LogP) is 18.7. The topological polar surface area (TPSA) is 52.7 Å². The van der Waals surface area contributed by atoms with Gasteiger partial charge in [0.2, 0.25) is 5.91 Å². The minimum atomic E-state index is -0.738. The van der Waals surface area contributed by atoms with Crippen molar-refractivity contribution in [1.29, 1.82) is 0 Å². The van der Waals surface area contributed by atoms with E-state index in [1.54, 1.807) is 13.0 Å². The van der Waals surface area contributed by atoms with Crippen LogP contribution in [0.4, 0.5) is 14.5 Å². The minimum Gasteiger partial charge on any atom is -0.368 e. The third kappa shape index (κ3) is 23.9. The molecule has 1 amide bonds. The van der Waals surface area contributed by atoms with Gasteiger partial charge in [-0.1, -0.05) is 117 Å². The van der Waals surface area contributed by atoms with Crippen molar-refractivity contribution in [1.82, 2.24) is 10.2 Å². The summed E-state index contributed by atoms with van der Waals surface area (Å²) in [5, 5.41) is 3.01. The standard InChI is InChI=1S/C18H27F2N.C13H24O.C12H23NO.C12H25N.C12H24/c1-11(2)10-21(16-7-14(8-16)12(3)4)15-6-13(5)18(20)17(19)9-15;1-9(2)7-13(14)12-6-5-11(8-12)10(3)4;1-8(2)10-5-6-11(7-10)12(14)13-9(3)4;1-9(2)11-6-7-12(8-11)13(5)10(3)4;1-9(2)7-11-5-6-12(8-11)10(3)4/h6,9,11-12,14,16H,7-8,10H2,1-5H3;9-12H,5-8H2,1-4H3;8-11H,5-7H2,1-4H3,(H,13,14);9-12H,6-8H2,1-5H3;9-12H,5-8H2,1-4H3/t;11-,12-;;2*11-,12-/m.1.11/s1. The molecule has 6 rings (SSSR count). The SMILES string of the molecule is CC(C)CC(=O)[C@@H]1CC[C@@H](C(C)C)C1.CC(C)C[C@H]1CC[C@@H](C(C)C)C1.CC(C)NC(=O)C1CCC(C(C)C)C1.CC(C)[C@@H]1CC[C@@H](N(C)C(C)C)C1.Cc1cc(N(CC(C)C)C2CC(C(C)C)C2)cc(F)c1F. The van der Waals surface area contributed by atoms with Gasteiger partial charge in [0.1, 0.15) is 5.78 Å². The number of carbonyl (C=O) groups excluding carboxylic acids is 2.